The number of hydrogen-bond acceptors (Lipinski definition) is 2. The first-order chi connectivity index (χ1) is 8.02. The maximum atomic E-state index is 13.8. The molecule has 2 atom stereocenters. The van der Waals surface area contributed by atoms with Crippen molar-refractivity contribution in [2.45, 2.75) is 12.1 Å². The number of hydrogen-bond donors (Lipinski definition) is 4. The van der Waals surface area contributed by atoms with Crippen molar-refractivity contribution in [3.8, 4) is 0 Å². The fraction of sp³-hybridized carbons (Fsp3) is 0.273. The van der Waals surface area contributed by atoms with Gasteiger partial charge in [-0.1, -0.05) is 30.3 Å². The predicted octanol–water partition coefficient (Wildman–Crippen LogP) is 0.676. The van der Waals surface area contributed by atoms with Crippen LogP contribution in [0.3, 0.4) is 0 Å². The van der Waals surface area contributed by atoms with E-state index in [2.05, 4.69) is 5.32 Å². The largest absolute Gasteiger partial charge is 0.481 e. The number of nitrogens with two attached hydrogens (primary N) is 1. The number of guanidine groups is 1. The minimum Gasteiger partial charge on any atom is -0.481 e. The molecule has 0 aromatic heterocycles. The summed E-state index contributed by atoms with van der Waals surface area (Å²) in [5.41, 5.74) is 5.40. The molecule has 0 amide bonds. The minimum atomic E-state index is -1.65. The molecular weight excluding hydrogens is 225 g/mol. The fourth-order valence-corrected chi connectivity index (χ4v) is 1.49. The normalized spacial score (nSPS) is 13.7. The zero-order valence-electron chi connectivity index (χ0n) is 9.06. The smallest absolute Gasteiger partial charge is 0.314 e. The van der Waals surface area contributed by atoms with Crippen LogP contribution in [-0.2, 0) is 4.79 Å². The first-order valence-electron chi connectivity index (χ1n) is 5.02. The van der Waals surface area contributed by atoms with E-state index in [9.17, 15) is 9.18 Å². The lowest BCUT2D eigenvalue weighted by Gasteiger charge is -2.17. The van der Waals surface area contributed by atoms with Gasteiger partial charge in [0.05, 0.1) is 6.54 Å². The lowest BCUT2D eigenvalue weighted by atomic mass is 9.94. The van der Waals surface area contributed by atoms with Gasteiger partial charge in [-0.15, -0.1) is 0 Å². The van der Waals surface area contributed by atoms with E-state index in [-0.39, 0.29) is 12.5 Å². The Morgan fingerprint density at radius 1 is 1.47 bits per heavy atom. The van der Waals surface area contributed by atoms with Gasteiger partial charge in [-0.25, -0.2) is 4.39 Å². The average Bonchev–Trinajstić information content (AvgIpc) is 2.27. The van der Waals surface area contributed by atoms with Crippen LogP contribution in [0, 0.1) is 5.41 Å². The molecule has 1 rings (SSSR count). The Hall–Kier alpha value is -2.11. The van der Waals surface area contributed by atoms with Crippen LogP contribution in [-0.4, -0.2) is 29.8 Å². The Balaban J connectivity index is 2.79. The summed E-state index contributed by atoms with van der Waals surface area (Å²) in [6.07, 6.45) is -1.65. The highest BCUT2D eigenvalue weighted by Crippen LogP contribution is 2.22. The molecule has 0 fully saturated rings. The molecule has 0 radical (unpaired) electrons. The van der Waals surface area contributed by atoms with Crippen LogP contribution in [0.25, 0.3) is 0 Å². The Morgan fingerprint density at radius 3 is 2.53 bits per heavy atom. The second-order valence-electron chi connectivity index (χ2n) is 3.54. The standard InChI is InChI=1S/C11H14FN3O2/c12-8(6-15-11(13)14)9(10(16)17)7-4-2-1-3-5-7/h1-5,8-9H,6H2,(H,16,17)(H4,13,14,15). The van der Waals surface area contributed by atoms with Crippen molar-refractivity contribution < 1.29 is 14.3 Å². The molecule has 0 aliphatic heterocycles. The van der Waals surface area contributed by atoms with E-state index in [4.69, 9.17) is 16.2 Å². The second-order valence-corrected chi connectivity index (χ2v) is 3.54. The van der Waals surface area contributed by atoms with Crippen molar-refractivity contribution in [3.63, 3.8) is 0 Å². The first-order valence-corrected chi connectivity index (χ1v) is 5.02. The zero-order valence-corrected chi connectivity index (χ0v) is 9.06. The summed E-state index contributed by atoms with van der Waals surface area (Å²) in [5.74, 6) is -2.89. The highest BCUT2D eigenvalue weighted by molar-refractivity contribution is 5.77. The van der Waals surface area contributed by atoms with E-state index < -0.39 is 18.1 Å². The lowest BCUT2D eigenvalue weighted by molar-refractivity contribution is -0.140. The van der Waals surface area contributed by atoms with Crippen molar-refractivity contribution >= 4 is 11.9 Å². The summed E-state index contributed by atoms with van der Waals surface area (Å²) in [6.45, 7) is -0.304. The van der Waals surface area contributed by atoms with E-state index in [1.807, 2.05) is 0 Å². The quantitative estimate of drug-likeness (QED) is 0.448. The number of carboxylic acid groups (broad SMARTS) is 1. The van der Waals surface area contributed by atoms with Crippen LogP contribution in [0.4, 0.5) is 4.39 Å². The second kappa shape index (κ2) is 5.83. The molecule has 0 bridgehead atoms. The van der Waals surface area contributed by atoms with Crippen LogP contribution in [0.1, 0.15) is 11.5 Å². The van der Waals surface area contributed by atoms with E-state index in [0.29, 0.717) is 5.56 Å². The number of alkyl halides is 1. The van der Waals surface area contributed by atoms with E-state index >= 15 is 0 Å². The molecule has 17 heavy (non-hydrogen) atoms. The lowest BCUT2D eigenvalue weighted by Crippen LogP contribution is -2.38. The molecule has 2 unspecified atom stereocenters. The Kier molecular flexibility index (Phi) is 4.45. The molecule has 0 aliphatic carbocycles. The molecule has 0 saturated heterocycles. The van der Waals surface area contributed by atoms with Crippen LogP contribution in [0.2, 0.25) is 0 Å². The van der Waals surface area contributed by atoms with Crippen LogP contribution >= 0.6 is 0 Å². The summed E-state index contributed by atoms with van der Waals surface area (Å²) in [4.78, 5) is 11.0. The zero-order chi connectivity index (χ0) is 12.8. The molecule has 0 saturated carbocycles. The third-order valence-corrected chi connectivity index (χ3v) is 2.27. The predicted molar refractivity (Wildman–Crippen MR) is 61.6 cm³/mol. The molecule has 92 valence electrons. The first kappa shape index (κ1) is 13.0. The summed E-state index contributed by atoms with van der Waals surface area (Å²) in [6, 6.07) is 8.13. The molecular formula is C11H14FN3O2. The molecule has 0 aliphatic rings. The summed E-state index contributed by atoms with van der Waals surface area (Å²) >= 11 is 0. The van der Waals surface area contributed by atoms with Gasteiger partial charge in [-0.2, -0.15) is 0 Å². The van der Waals surface area contributed by atoms with Crippen molar-refractivity contribution in [1.82, 2.24) is 5.32 Å². The molecule has 6 heteroatoms. The van der Waals surface area contributed by atoms with Gasteiger partial charge in [0.1, 0.15) is 12.1 Å². The topological polar surface area (TPSA) is 99.2 Å². The van der Waals surface area contributed by atoms with Gasteiger partial charge < -0.3 is 16.2 Å². The molecule has 5 nitrogen and oxygen atoms in total. The number of halogens is 1. The van der Waals surface area contributed by atoms with Crippen molar-refractivity contribution in [2.24, 2.45) is 5.73 Å². The van der Waals surface area contributed by atoms with Gasteiger partial charge in [0.2, 0.25) is 0 Å². The highest BCUT2D eigenvalue weighted by Gasteiger charge is 2.29. The number of carboxylic acids is 1. The van der Waals surface area contributed by atoms with Crippen molar-refractivity contribution in [2.75, 3.05) is 6.54 Å². The summed E-state index contributed by atoms with van der Waals surface area (Å²) in [5, 5.41) is 18.2. The van der Waals surface area contributed by atoms with Crippen LogP contribution in [0.5, 0.6) is 0 Å². The molecule has 5 N–H and O–H groups in total. The van der Waals surface area contributed by atoms with Crippen molar-refractivity contribution in [1.29, 1.82) is 5.41 Å². The van der Waals surface area contributed by atoms with E-state index in [1.165, 1.54) is 0 Å². The number of aliphatic carboxylic acids is 1. The maximum absolute atomic E-state index is 13.8. The van der Waals surface area contributed by atoms with Gasteiger partial charge >= 0.3 is 5.97 Å². The van der Waals surface area contributed by atoms with E-state index in [0.717, 1.165) is 0 Å². The van der Waals surface area contributed by atoms with Crippen LogP contribution in [0.15, 0.2) is 30.3 Å². The number of rotatable bonds is 5. The van der Waals surface area contributed by atoms with Gasteiger partial charge in [-0.05, 0) is 5.56 Å². The van der Waals surface area contributed by atoms with Gasteiger partial charge in [0.15, 0.2) is 5.96 Å². The number of carbonyl (C=O) groups is 1. The Bertz CT molecular complexity index is 397. The molecule has 1 aromatic carbocycles. The van der Waals surface area contributed by atoms with Gasteiger partial charge in [0, 0.05) is 0 Å². The third kappa shape index (κ3) is 3.75. The number of nitrogens with one attached hydrogen (secondary N) is 2. The van der Waals surface area contributed by atoms with Crippen LogP contribution < -0.4 is 11.1 Å². The van der Waals surface area contributed by atoms with Gasteiger partial charge in [-0.3, -0.25) is 10.2 Å². The monoisotopic (exact) mass is 239 g/mol. The highest BCUT2D eigenvalue weighted by atomic mass is 19.1. The fourth-order valence-electron chi connectivity index (χ4n) is 1.49. The Morgan fingerprint density at radius 2 is 2.06 bits per heavy atom. The molecule has 1 aromatic rings. The molecule has 0 heterocycles. The SMILES string of the molecule is N=C(N)NCC(F)C(C(=O)O)c1ccccc1. The minimum absolute atomic E-state index is 0.304. The Labute approximate surface area is 98.0 Å². The average molecular weight is 239 g/mol. The van der Waals surface area contributed by atoms with Crippen molar-refractivity contribution in [3.05, 3.63) is 35.9 Å². The number of benzene rings is 1. The summed E-state index contributed by atoms with van der Waals surface area (Å²) < 4.78 is 13.8. The van der Waals surface area contributed by atoms with E-state index in [1.54, 1.807) is 30.3 Å². The van der Waals surface area contributed by atoms with Gasteiger partial charge in [0.25, 0.3) is 0 Å². The molecule has 0 spiro atoms. The summed E-state index contributed by atoms with van der Waals surface area (Å²) in [7, 11) is 0. The maximum Gasteiger partial charge on any atom is 0.314 e. The third-order valence-electron chi connectivity index (χ3n) is 2.27.